The zero-order valence-electron chi connectivity index (χ0n) is 12.3. The van der Waals surface area contributed by atoms with Crippen LogP contribution in [0.3, 0.4) is 0 Å². The molecule has 7 nitrogen and oxygen atoms in total. The first-order valence-corrected chi connectivity index (χ1v) is 7.88. The number of likely N-dealkylation sites (tertiary alicyclic amines) is 1. The Hall–Kier alpha value is -1.76. The fourth-order valence-electron chi connectivity index (χ4n) is 3.52. The minimum atomic E-state index is -0.808. The Morgan fingerprint density at radius 3 is 2.36 bits per heavy atom. The second kappa shape index (κ2) is 5.79. The summed E-state index contributed by atoms with van der Waals surface area (Å²) in [5.41, 5.74) is 7.01. The molecule has 0 bridgehead atoms. The fraction of sp³-hybridized carbons (Fsp3) is 0.643. The van der Waals surface area contributed by atoms with E-state index in [9.17, 15) is 4.79 Å². The molecule has 1 aromatic rings. The van der Waals surface area contributed by atoms with E-state index in [-0.39, 0.29) is 5.41 Å². The van der Waals surface area contributed by atoms with Crippen molar-refractivity contribution >= 4 is 29.2 Å². The van der Waals surface area contributed by atoms with E-state index in [4.69, 9.17) is 22.4 Å². The van der Waals surface area contributed by atoms with Gasteiger partial charge in [-0.2, -0.15) is 0 Å². The van der Waals surface area contributed by atoms with Gasteiger partial charge in [0.15, 0.2) is 11.0 Å². The number of carbonyl (C=O) groups is 1. The van der Waals surface area contributed by atoms with Gasteiger partial charge in [0.05, 0.1) is 5.69 Å². The van der Waals surface area contributed by atoms with Crippen LogP contribution in [0.25, 0.3) is 0 Å². The summed E-state index contributed by atoms with van der Waals surface area (Å²) >= 11 is 5.91. The molecule has 3 rings (SSSR count). The Bertz CT molecular complexity index is 564. The summed E-state index contributed by atoms with van der Waals surface area (Å²) in [7, 11) is 0. The lowest BCUT2D eigenvalue weighted by Crippen LogP contribution is -2.48. The van der Waals surface area contributed by atoms with E-state index in [1.54, 1.807) is 6.07 Å². The maximum Gasteiger partial charge on any atom is 0.407 e. The summed E-state index contributed by atoms with van der Waals surface area (Å²) < 4.78 is 0. The minimum absolute atomic E-state index is 0.265. The van der Waals surface area contributed by atoms with E-state index >= 15 is 0 Å². The number of anilines is 2. The lowest BCUT2D eigenvalue weighted by atomic mass is 9.71. The molecule has 22 heavy (non-hydrogen) atoms. The predicted molar refractivity (Wildman–Crippen MR) is 84.2 cm³/mol. The third-order valence-electron chi connectivity index (χ3n) is 5.03. The Kier molecular flexibility index (Phi) is 3.99. The van der Waals surface area contributed by atoms with E-state index in [1.165, 1.54) is 4.90 Å². The number of amides is 1. The Morgan fingerprint density at radius 1 is 1.18 bits per heavy atom. The molecule has 1 aromatic heterocycles. The number of nitrogens with two attached hydrogens (primary N) is 1. The van der Waals surface area contributed by atoms with Crippen LogP contribution in [0.5, 0.6) is 0 Å². The van der Waals surface area contributed by atoms with Gasteiger partial charge in [-0.15, -0.1) is 10.2 Å². The van der Waals surface area contributed by atoms with E-state index in [0.717, 1.165) is 44.5 Å². The van der Waals surface area contributed by atoms with Crippen LogP contribution < -0.4 is 10.6 Å². The van der Waals surface area contributed by atoms with E-state index < -0.39 is 6.09 Å². The molecule has 0 unspecified atom stereocenters. The van der Waals surface area contributed by atoms with Crippen LogP contribution in [0.1, 0.15) is 25.7 Å². The van der Waals surface area contributed by atoms with Gasteiger partial charge in [0.25, 0.3) is 0 Å². The zero-order chi connectivity index (χ0) is 15.7. The molecule has 2 saturated heterocycles. The van der Waals surface area contributed by atoms with Crippen molar-refractivity contribution < 1.29 is 9.90 Å². The summed E-state index contributed by atoms with van der Waals surface area (Å²) in [6.07, 6.45) is 3.16. The highest BCUT2D eigenvalue weighted by Crippen LogP contribution is 2.42. The molecule has 2 fully saturated rings. The van der Waals surface area contributed by atoms with Crippen LogP contribution in [0.2, 0.25) is 5.15 Å². The van der Waals surface area contributed by atoms with E-state index in [1.807, 2.05) is 0 Å². The van der Waals surface area contributed by atoms with Crippen LogP contribution in [0, 0.1) is 5.41 Å². The number of aromatic nitrogens is 2. The SMILES string of the molecule is Nc1nnc(Cl)cc1N1CCC2(CCN(C(=O)O)CC2)CC1. The molecule has 3 heterocycles. The monoisotopic (exact) mass is 325 g/mol. The van der Waals surface area contributed by atoms with Crippen molar-refractivity contribution in [1.82, 2.24) is 15.1 Å². The number of piperidine rings is 2. The lowest BCUT2D eigenvalue weighted by Gasteiger charge is -2.46. The number of hydrogen-bond acceptors (Lipinski definition) is 5. The molecule has 0 saturated carbocycles. The highest BCUT2D eigenvalue weighted by atomic mass is 35.5. The maximum absolute atomic E-state index is 11.0. The normalized spacial score (nSPS) is 21.1. The van der Waals surface area contributed by atoms with Gasteiger partial charge in [-0.05, 0) is 31.1 Å². The fourth-order valence-corrected chi connectivity index (χ4v) is 3.66. The minimum Gasteiger partial charge on any atom is -0.465 e. The average Bonchev–Trinajstić information content (AvgIpc) is 2.51. The molecule has 1 amide bonds. The largest absolute Gasteiger partial charge is 0.465 e. The van der Waals surface area contributed by atoms with Crippen LogP contribution in [0.4, 0.5) is 16.3 Å². The number of carboxylic acid groups (broad SMARTS) is 1. The van der Waals surface area contributed by atoms with Crippen molar-refractivity contribution in [2.75, 3.05) is 36.8 Å². The number of rotatable bonds is 1. The molecule has 8 heteroatoms. The third-order valence-corrected chi connectivity index (χ3v) is 5.22. The van der Waals surface area contributed by atoms with Gasteiger partial charge in [-0.1, -0.05) is 11.6 Å². The molecular weight excluding hydrogens is 306 g/mol. The van der Waals surface area contributed by atoms with Gasteiger partial charge >= 0.3 is 6.09 Å². The Balaban J connectivity index is 1.63. The van der Waals surface area contributed by atoms with Gasteiger partial charge < -0.3 is 20.6 Å². The van der Waals surface area contributed by atoms with Crippen molar-refractivity contribution in [3.63, 3.8) is 0 Å². The molecule has 1 spiro atoms. The van der Waals surface area contributed by atoms with Crippen molar-refractivity contribution in [2.24, 2.45) is 5.41 Å². The van der Waals surface area contributed by atoms with E-state index in [2.05, 4.69) is 15.1 Å². The van der Waals surface area contributed by atoms with E-state index in [0.29, 0.717) is 24.1 Å². The topological polar surface area (TPSA) is 95.6 Å². The van der Waals surface area contributed by atoms with Crippen molar-refractivity contribution in [3.8, 4) is 0 Å². The van der Waals surface area contributed by atoms with Gasteiger partial charge in [0.1, 0.15) is 0 Å². The zero-order valence-corrected chi connectivity index (χ0v) is 13.1. The summed E-state index contributed by atoms with van der Waals surface area (Å²) in [5, 5.41) is 17.0. The number of nitrogens with zero attached hydrogens (tertiary/aromatic N) is 4. The quantitative estimate of drug-likeness (QED) is 0.820. The molecule has 2 aliphatic rings. The molecule has 3 N–H and O–H groups in total. The summed E-state index contributed by atoms with van der Waals surface area (Å²) in [6, 6.07) is 1.76. The van der Waals surface area contributed by atoms with Crippen LogP contribution in [0.15, 0.2) is 6.07 Å². The third kappa shape index (κ3) is 2.90. The first-order chi connectivity index (χ1) is 10.5. The summed E-state index contributed by atoms with van der Waals surface area (Å²) in [4.78, 5) is 14.7. The van der Waals surface area contributed by atoms with Gasteiger partial charge in [0, 0.05) is 32.2 Å². The van der Waals surface area contributed by atoms with Crippen molar-refractivity contribution in [1.29, 1.82) is 0 Å². The first-order valence-electron chi connectivity index (χ1n) is 7.51. The maximum atomic E-state index is 11.0. The molecule has 2 aliphatic heterocycles. The van der Waals surface area contributed by atoms with Crippen molar-refractivity contribution in [2.45, 2.75) is 25.7 Å². The second-order valence-corrected chi connectivity index (χ2v) is 6.58. The molecule has 120 valence electrons. The highest BCUT2D eigenvalue weighted by molar-refractivity contribution is 6.29. The van der Waals surface area contributed by atoms with Crippen LogP contribution in [-0.4, -0.2) is 52.5 Å². The smallest absolute Gasteiger partial charge is 0.407 e. The molecule has 0 aromatic carbocycles. The van der Waals surface area contributed by atoms with Gasteiger partial charge in [-0.3, -0.25) is 0 Å². The van der Waals surface area contributed by atoms with Crippen LogP contribution >= 0.6 is 11.6 Å². The average molecular weight is 326 g/mol. The standard InChI is InChI=1S/C14H20ClN5O2/c15-11-9-10(12(16)18-17-11)19-5-1-14(2-6-19)3-7-20(8-4-14)13(21)22/h9H,1-8H2,(H2,16,18)(H,21,22). The lowest BCUT2D eigenvalue weighted by molar-refractivity contribution is 0.0736. The summed E-state index contributed by atoms with van der Waals surface area (Å²) in [5.74, 6) is 0.404. The highest BCUT2D eigenvalue weighted by Gasteiger charge is 2.38. The van der Waals surface area contributed by atoms with Crippen molar-refractivity contribution in [3.05, 3.63) is 11.2 Å². The Labute approximate surface area is 134 Å². The molecular formula is C14H20ClN5O2. The van der Waals surface area contributed by atoms with Gasteiger partial charge in [0.2, 0.25) is 0 Å². The Morgan fingerprint density at radius 2 is 1.77 bits per heavy atom. The number of nitrogen functional groups attached to an aromatic ring is 1. The second-order valence-electron chi connectivity index (χ2n) is 6.19. The number of halogens is 1. The molecule has 0 aliphatic carbocycles. The van der Waals surface area contributed by atoms with Gasteiger partial charge in [-0.25, -0.2) is 4.79 Å². The first kappa shape index (κ1) is 15.1. The van der Waals surface area contributed by atoms with Crippen LogP contribution in [-0.2, 0) is 0 Å². The number of hydrogen-bond donors (Lipinski definition) is 2. The molecule has 0 radical (unpaired) electrons. The summed E-state index contributed by atoms with van der Waals surface area (Å²) in [6.45, 7) is 3.05. The predicted octanol–water partition coefficient (Wildman–Crippen LogP) is 2.07. The molecule has 0 atom stereocenters.